The summed E-state index contributed by atoms with van der Waals surface area (Å²) in [5, 5.41) is 3.14. The molecule has 2 aromatic carbocycles. The van der Waals surface area contributed by atoms with Crippen molar-refractivity contribution in [1.82, 2.24) is 4.31 Å². The monoisotopic (exact) mass is 394 g/mol. The van der Waals surface area contributed by atoms with E-state index in [9.17, 15) is 13.2 Å². The molecule has 1 aliphatic heterocycles. The Morgan fingerprint density at radius 1 is 1.15 bits per heavy atom. The van der Waals surface area contributed by atoms with E-state index in [0.29, 0.717) is 29.4 Å². The maximum absolute atomic E-state index is 12.7. The fourth-order valence-corrected chi connectivity index (χ4v) is 4.58. The first-order valence-corrected chi connectivity index (χ1v) is 9.99. The van der Waals surface area contributed by atoms with Gasteiger partial charge in [0, 0.05) is 23.7 Å². The average Bonchev–Trinajstić information content (AvgIpc) is 3.17. The van der Waals surface area contributed by atoms with Crippen molar-refractivity contribution in [3.63, 3.8) is 0 Å². The Morgan fingerprint density at radius 2 is 1.88 bits per heavy atom. The van der Waals surface area contributed by atoms with Gasteiger partial charge in [0.05, 0.1) is 17.7 Å². The van der Waals surface area contributed by atoms with Gasteiger partial charge in [-0.3, -0.25) is 4.79 Å². The van der Waals surface area contributed by atoms with Crippen molar-refractivity contribution in [1.29, 1.82) is 0 Å². The number of sulfonamides is 1. The molecule has 0 bridgehead atoms. The molecule has 138 valence electrons. The van der Waals surface area contributed by atoms with E-state index in [1.807, 2.05) is 0 Å². The van der Waals surface area contributed by atoms with Crippen molar-refractivity contribution < 1.29 is 17.9 Å². The minimum Gasteiger partial charge on any atom is -0.495 e. The third kappa shape index (κ3) is 3.85. The number of amides is 1. The first kappa shape index (κ1) is 18.7. The van der Waals surface area contributed by atoms with Crippen LogP contribution in [0.5, 0.6) is 5.75 Å². The summed E-state index contributed by atoms with van der Waals surface area (Å²) in [6.07, 6.45) is 1.71. The van der Waals surface area contributed by atoms with E-state index in [2.05, 4.69) is 5.32 Å². The molecule has 0 radical (unpaired) electrons. The second-order valence-electron chi connectivity index (χ2n) is 5.94. The zero-order valence-electron chi connectivity index (χ0n) is 14.2. The average molecular weight is 395 g/mol. The number of anilines is 1. The lowest BCUT2D eigenvalue weighted by Crippen LogP contribution is -2.28. The van der Waals surface area contributed by atoms with Crippen LogP contribution < -0.4 is 10.1 Å². The summed E-state index contributed by atoms with van der Waals surface area (Å²) in [6.45, 7) is 1.02. The van der Waals surface area contributed by atoms with E-state index >= 15 is 0 Å². The van der Waals surface area contributed by atoms with Gasteiger partial charge in [-0.25, -0.2) is 8.42 Å². The highest BCUT2D eigenvalue weighted by Crippen LogP contribution is 2.30. The van der Waals surface area contributed by atoms with Crippen LogP contribution in [0.3, 0.4) is 0 Å². The van der Waals surface area contributed by atoms with Crippen molar-refractivity contribution in [2.24, 2.45) is 0 Å². The summed E-state index contributed by atoms with van der Waals surface area (Å²) < 4.78 is 32.2. The summed E-state index contributed by atoms with van der Waals surface area (Å²) in [5.41, 5.74) is 0.658. The van der Waals surface area contributed by atoms with Crippen LogP contribution in [0, 0.1) is 0 Å². The third-order valence-electron chi connectivity index (χ3n) is 4.21. The summed E-state index contributed by atoms with van der Waals surface area (Å²) >= 11 is 5.92. The second-order valence-corrected chi connectivity index (χ2v) is 8.31. The van der Waals surface area contributed by atoms with Gasteiger partial charge in [0.2, 0.25) is 10.0 Å². The number of benzene rings is 2. The maximum atomic E-state index is 12.7. The molecule has 1 heterocycles. The molecule has 0 unspecified atom stereocenters. The van der Waals surface area contributed by atoms with Crippen molar-refractivity contribution in [2.75, 3.05) is 25.5 Å². The van der Waals surface area contributed by atoms with Crippen LogP contribution in [0.15, 0.2) is 47.4 Å². The Labute approximate surface area is 157 Å². The molecule has 6 nitrogen and oxygen atoms in total. The zero-order chi connectivity index (χ0) is 18.7. The van der Waals surface area contributed by atoms with E-state index in [-0.39, 0.29) is 10.6 Å². The lowest BCUT2D eigenvalue weighted by atomic mass is 10.2. The van der Waals surface area contributed by atoms with Gasteiger partial charge >= 0.3 is 0 Å². The molecule has 0 spiro atoms. The topological polar surface area (TPSA) is 75.7 Å². The van der Waals surface area contributed by atoms with Crippen LogP contribution in [-0.4, -0.2) is 38.8 Å². The van der Waals surface area contributed by atoms with Crippen LogP contribution in [0.4, 0.5) is 5.69 Å². The Balaban J connectivity index is 1.92. The molecule has 1 fully saturated rings. The first-order valence-electron chi connectivity index (χ1n) is 8.17. The molecule has 0 atom stereocenters. The minimum absolute atomic E-state index is 0.126. The van der Waals surface area contributed by atoms with Gasteiger partial charge in [-0.1, -0.05) is 17.7 Å². The summed E-state index contributed by atoms with van der Waals surface area (Å²) in [7, 11) is -2.13. The van der Waals surface area contributed by atoms with Gasteiger partial charge < -0.3 is 10.1 Å². The Bertz CT molecular complexity index is 925. The quantitative estimate of drug-likeness (QED) is 0.843. The zero-order valence-corrected chi connectivity index (χ0v) is 15.8. The molecule has 0 saturated carbocycles. The van der Waals surface area contributed by atoms with Crippen molar-refractivity contribution in [2.45, 2.75) is 17.7 Å². The number of nitrogens with zero attached hydrogens (tertiary/aromatic N) is 1. The third-order valence-corrected chi connectivity index (χ3v) is 6.34. The number of carbonyl (C=O) groups excluding carboxylic acids is 1. The van der Waals surface area contributed by atoms with Gasteiger partial charge in [-0.05, 0) is 49.2 Å². The molecule has 1 aliphatic rings. The molecule has 0 aliphatic carbocycles. The first-order chi connectivity index (χ1) is 12.4. The standard InChI is InChI=1S/C18H19ClN2O4S/c1-25-17-8-7-15(26(23,24)21-9-2-3-10-21)12-16(17)20-18(22)13-5-4-6-14(19)11-13/h4-8,11-12H,2-3,9-10H2,1H3,(H,20,22). The van der Waals surface area contributed by atoms with Crippen molar-refractivity contribution in [3.05, 3.63) is 53.1 Å². The highest BCUT2D eigenvalue weighted by molar-refractivity contribution is 7.89. The highest BCUT2D eigenvalue weighted by Gasteiger charge is 2.28. The fourth-order valence-electron chi connectivity index (χ4n) is 2.85. The molecule has 1 saturated heterocycles. The van der Waals surface area contributed by atoms with Gasteiger partial charge in [0.25, 0.3) is 5.91 Å². The van der Waals surface area contributed by atoms with Crippen LogP contribution in [0.25, 0.3) is 0 Å². The van der Waals surface area contributed by atoms with E-state index in [0.717, 1.165) is 12.8 Å². The van der Waals surface area contributed by atoms with Crippen molar-refractivity contribution in [3.8, 4) is 5.75 Å². The molecular weight excluding hydrogens is 376 g/mol. The van der Waals surface area contributed by atoms with E-state index in [1.165, 1.54) is 35.7 Å². The van der Waals surface area contributed by atoms with Crippen LogP contribution >= 0.6 is 11.6 Å². The SMILES string of the molecule is COc1ccc(S(=O)(=O)N2CCCC2)cc1NC(=O)c1cccc(Cl)c1. The summed E-state index contributed by atoms with van der Waals surface area (Å²) in [4.78, 5) is 12.6. The number of carbonyl (C=O) groups is 1. The maximum Gasteiger partial charge on any atom is 0.255 e. The summed E-state index contributed by atoms with van der Waals surface area (Å²) in [6, 6.07) is 10.9. The molecule has 0 aromatic heterocycles. The Kier molecular flexibility index (Phi) is 5.50. The lowest BCUT2D eigenvalue weighted by Gasteiger charge is -2.17. The summed E-state index contributed by atoms with van der Waals surface area (Å²) in [5.74, 6) is -0.0257. The number of hydrogen-bond acceptors (Lipinski definition) is 4. The number of methoxy groups -OCH3 is 1. The predicted molar refractivity (Wildman–Crippen MR) is 100 cm³/mol. The van der Waals surface area contributed by atoms with Crippen molar-refractivity contribution >= 4 is 33.2 Å². The fraction of sp³-hybridized carbons (Fsp3) is 0.278. The molecule has 1 N–H and O–H groups in total. The number of rotatable bonds is 5. The number of halogens is 1. The van der Waals surface area contributed by atoms with Gasteiger partial charge in [-0.15, -0.1) is 0 Å². The Hall–Kier alpha value is -2.09. The molecule has 1 amide bonds. The molecule has 8 heteroatoms. The number of ether oxygens (including phenoxy) is 1. The van der Waals surface area contributed by atoms with Gasteiger partial charge in [0.15, 0.2) is 0 Å². The van der Waals surface area contributed by atoms with E-state index in [4.69, 9.17) is 16.3 Å². The number of hydrogen-bond donors (Lipinski definition) is 1. The normalized spacial score (nSPS) is 15.0. The smallest absolute Gasteiger partial charge is 0.255 e. The minimum atomic E-state index is -3.59. The molecule has 3 rings (SSSR count). The van der Waals surface area contributed by atoms with E-state index < -0.39 is 15.9 Å². The molecule has 26 heavy (non-hydrogen) atoms. The van der Waals surface area contributed by atoms with Gasteiger partial charge in [-0.2, -0.15) is 4.31 Å². The van der Waals surface area contributed by atoms with Crippen LogP contribution in [0.1, 0.15) is 23.2 Å². The molecule has 2 aromatic rings. The number of nitrogens with one attached hydrogen (secondary N) is 1. The second kappa shape index (κ2) is 7.65. The Morgan fingerprint density at radius 3 is 2.54 bits per heavy atom. The lowest BCUT2D eigenvalue weighted by molar-refractivity contribution is 0.102. The van der Waals surface area contributed by atoms with E-state index in [1.54, 1.807) is 18.2 Å². The largest absolute Gasteiger partial charge is 0.495 e. The predicted octanol–water partition coefficient (Wildman–Crippen LogP) is 3.39. The van der Waals surface area contributed by atoms with Gasteiger partial charge in [0.1, 0.15) is 5.75 Å². The molecular formula is C18H19ClN2O4S. The van der Waals surface area contributed by atoms with Crippen LogP contribution in [-0.2, 0) is 10.0 Å². The van der Waals surface area contributed by atoms with Crippen LogP contribution in [0.2, 0.25) is 5.02 Å². The highest BCUT2D eigenvalue weighted by atomic mass is 35.5.